The van der Waals surface area contributed by atoms with Gasteiger partial charge in [0, 0.05) is 30.1 Å². The lowest BCUT2D eigenvalue weighted by atomic mass is 10.2. The first kappa shape index (κ1) is 17.4. The summed E-state index contributed by atoms with van der Waals surface area (Å²) in [5.41, 5.74) is 2.40. The van der Waals surface area contributed by atoms with Gasteiger partial charge >= 0.3 is 0 Å². The zero-order valence-electron chi connectivity index (χ0n) is 14.6. The largest absolute Gasteiger partial charge is 0.463 e. The average molecular weight is 385 g/mol. The van der Waals surface area contributed by atoms with Crippen molar-refractivity contribution in [3.05, 3.63) is 69.4 Å². The van der Waals surface area contributed by atoms with Crippen molar-refractivity contribution in [2.45, 2.75) is 26.4 Å². The molecule has 3 aromatic heterocycles. The van der Waals surface area contributed by atoms with E-state index < -0.39 is 0 Å². The molecule has 1 aromatic carbocycles. The number of aryl methyl sites for hydroxylation is 1. The number of aromatic nitrogens is 3. The third kappa shape index (κ3) is 3.21. The molecule has 0 bridgehead atoms. The maximum absolute atomic E-state index is 12.8. The fourth-order valence-corrected chi connectivity index (χ4v) is 3.31. The second-order valence-corrected chi connectivity index (χ2v) is 6.61. The molecule has 0 aliphatic carbocycles. The summed E-state index contributed by atoms with van der Waals surface area (Å²) in [6.45, 7) is 2.12. The Kier molecular flexibility index (Phi) is 4.45. The Balaban J connectivity index is 1.60. The van der Waals surface area contributed by atoms with E-state index in [2.05, 4.69) is 10.4 Å². The monoisotopic (exact) mass is 384 g/mol. The molecule has 7 nitrogen and oxygen atoms in total. The van der Waals surface area contributed by atoms with E-state index in [1.54, 1.807) is 34.9 Å². The van der Waals surface area contributed by atoms with E-state index in [0.717, 1.165) is 11.1 Å². The predicted molar refractivity (Wildman–Crippen MR) is 102 cm³/mol. The van der Waals surface area contributed by atoms with Gasteiger partial charge in [0.25, 0.3) is 5.56 Å². The number of carbonyl (C=O) groups is 1. The Labute approximate surface area is 159 Å². The van der Waals surface area contributed by atoms with Crippen LogP contribution in [0.1, 0.15) is 18.3 Å². The molecule has 4 aromatic rings. The summed E-state index contributed by atoms with van der Waals surface area (Å²) in [5.74, 6) is 0.384. The Morgan fingerprint density at radius 3 is 2.89 bits per heavy atom. The van der Waals surface area contributed by atoms with E-state index in [9.17, 15) is 9.59 Å². The SMILES string of the molecule is CCc1nn(CC(=O)NCc2cccc(Cl)c2)c(=O)c2cc3occc3n12. The summed E-state index contributed by atoms with van der Waals surface area (Å²) < 4.78 is 8.36. The topological polar surface area (TPSA) is 81.5 Å². The van der Waals surface area contributed by atoms with Crippen LogP contribution in [0.2, 0.25) is 5.02 Å². The molecule has 4 rings (SSSR count). The van der Waals surface area contributed by atoms with Crippen LogP contribution in [0.5, 0.6) is 0 Å². The number of halogens is 1. The van der Waals surface area contributed by atoms with Crippen molar-refractivity contribution in [2.24, 2.45) is 0 Å². The second-order valence-electron chi connectivity index (χ2n) is 6.17. The van der Waals surface area contributed by atoms with Crippen molar-refractivity contribution < 1.29 is 9.21 Å². The van der Waals surface area contributed by atoms with E-state index in [-0.39, 0.29) is 18.0 Å². The van der Waals surface area contributed by atoms with Gasteiger partial charge in [-0.2, -0.15) is 5.10 Å². The Hall–Kier alpha value is -3.06. The molecule has 27 heavy (non-hydrogen) atoms. The van der Waals surface area contributed by atoms with Crippen LogP contribution in [-0.2, 0) is 24.3 Å². The minimum absolute atomic E-state index is 0.157. The van der Waals surface area contributed by atoms with Gasteiger partial charge in [0.2, 0.25) is 5.91 Å². The van der Waals surface area contributed by atoms with Gasteiger partial charge in [-0.3, -0.25) is 14.0 Å². The van der Waals surface area contributed by atoms with Crippen molar-refractivity contribution >= 4 is 34.1 Å². The highest BCUT2D eigenvalue weighted by atomic mass is 35.5. The molecule has 1 N–H and O–H groups in total. The zero-order valence-corrected chi connectivity index (χ0v) is 15.4. The highest BCUT2D eigenvalue weighted by Crippen LogP contribution is 2.20. The molecule has 0 fully saturated rings. The number of furan rings is 1. The van der Waals surface area contributed by atoms with E-state index >= 15 is 0 Å². The number of nitrogens with zero attached hydrogens (tertiary/aromatic N) is 3. The summed E-state index contributed by atoms with van der Waals surface area (Å²) >= 11 is 5.95. The van der Waals surface area contributed by atoms with Crippen LogP contribution < -0.4 is 10.9 Å². The number of fused-ring (bicyclic) bond motifs is 3. The Bertz CT molecular complexity index is 1200. The standard InChI is InChI=1S/C19H17ClN4O3/c1-2-17-22-23(11-18(25)21-10-12-4-3-5-13(20)8-12)19(26)15-9-16-14(24(15)17)6-7-27-16/h3-9H,2,10-11H2,1H3,(H,21,25). The number of benzene rings is 1. The molecular weight excluding hydrogens is 368 g/mol. The molecule has 0 spiro atoms. The molecule has 0 aliphatic heterocycles. The summed E-state index contributed by atoms with van der Waals surface area (Å²) in [6.07, 6.45) is 2.18. The lowest BCUT2D eigenvalue weighted by Crippen LogP contribution is -2.35. The second kappa shape index (κ2) is 6.92. The molecular formula is C19H17ClN4O3. The van der Waals surface area contributed by atoms with Crippen molar-refractivity contribution in [3.63, 3.8) is 0 Å². The summed E-state index contributed by atoms with van der Waals surface area (Å²) in [6, 6.07) is 10.7. The normalized spacial score (nSPS) is 11.3. The molecule has 0 unspecified atom stereocenters. The van der Waals surface area contributed by atoms with E-state index in [1.165, 1.54) is 4.68 Å². The van der Waals surface area contributed by atoms with E-state index in [4.69, 9.17) is 16.0 Å². The molecule has 0 atom stereocenters. The van der Waals surface area contributed by atoms with Crippen LogP contribution in [0.15, 0.2) is 51.9 Å². The van der Waals surface area contributed by atoms with Gasteiger partial charge in [0.15, 0.2) is 5.58 Å². The van der Waals surface area contributed by atoms with Crippen LogP contribution in [0.3, 0.4) is 0 Å². The molecule has 0 saturated heterocycles. The van der Waals surface area contributed by atoms with Crippen LogP contribution >= 0.6 is 11.6 Å². The summed E-state index contributed by atoms with van der Waals surface area (Å²) in [4.78, 5) is 25.1. The molecule has 0 saturated carbocycles. The van der Waals surface area contributed by atoms with Crippen molar-refractivity contribution in [1.29, 1.82) is 0 Å². The van der Waals surface area contributed by atoms with Gasteiger partial charge in [-0.15, -0.1) is 0 Å². The van der Waals surface area contributed by atoms with Gasteiger partial charge in [-0.25, -0.2) is 4.68 Å². The molecule has 3 heterocycles. The molecule has 8 heteroatoms. The maximum Gasteiger partial charge on any atom is 0.291 e. The fourth-order valence-electron chi connectivity index (χ4n) is 3.10. The minimum Gasteiger partial charge on any atom is -0.463 e. The number of hydrogen-bond donors (Lipinski definition) is 1. The van der Waals surface area contributed by atoms with Crippen LogP contribution in [0.25, 0.3) is 16.6 Å². The first-order valence-corrected chi connectivity index (χ1v) is 8.94. The molecule has 0 radical (unpaired) electrons. The van der Waals surface area contributed by atoms with E-state index in [0.29, 0.717) is 34.9 Å². The molecule has 0 aliphatic rings. The van der Waals surface area contributed by atoms with Crippen LogP contribution in [0, 0.1) is 0 Å². The van der Waals surface area contributed by atoms with Gasteiger partial charge in [-0.1, -0.05) is 30.7 Å². The molecule has 1 amide bonds. The number of rotatable bonds is 5. The van der Waals surface area contributed by atoms with Gasteiger partial charge in [0.05, 0.1) is 11.8 Å². The van der Waals surface area contributed by atoms with Crippen molar-refractivity contribution in [3.8, 4) is 0 Å². The fraction of sp³-hybridized carbons (Fsp3) is 0.211. The average Bonchev–Trinajstić information content (AvgIpc) is 3.24. The van der Waals surface area contributed by atoms with E-state index in [1.807, 2.05) is 19.1 Å². The summed E-state index contributed by atoms with van der Waals surface area (Å²) in [7, 11) is 0. The van der Waals surface area contributed by atoms with Gasteiger partial charge < -0.3 is 9.73 Å². The summed E-state index contributed by atoms with van der Waals surface area (Å²) in [5, 5.41) is 7.77. The highest BCUT2D eigenvalue weighted by molar-refractivity contribution is 6.30. The van der Waals surface area contributed by atoms with Gasteiger partial charge in [-0.05, 0) is 17.7 Å². The lowest BCUT2D eigenvalue weighted by molar-refractivity contribution is -0.122. The first-order chi connectivity index (χ1) is 13.1. The van der Waals surface area contributed by atoms with Gasteiger partial charge in [0.1, 0.15) is 17.9 Å². The Morgan fingerprint density at radius 1 is 1.26 bits per heavy atom. The highest BCUT2D eigenvalue weighted by Gasteiger charge is 2.16. The lowest BCUT2D eigenvalue weighted by Gasteiger charge is -2.10. The smallest absolute Gasteiger partial charge is 0.291 e. The van der Waals surface area contributed by atoms with Crippen molar-refractivity contribution in [1.82, 2.24) is 19.5 Å². The van der Waals surface area contributed by atoms with Crippen LogP contribution in [-0.4, -0.2) is 20.1 Å². The molecule has 138 valence electrons. The Morgan fingerprint density at radius 2 is 2.11 bits per heavy atom. The maximum atomic E-state index is 12.8. The minimum atomic E-state index is -0.337. The third-order valence-corrected chi connectivity index (χ3v) is 4.59. The number of hydrogen-bond acceptors (Lipinski definition) is 4. The van der Waals surface area contributed by atoms with Crippen molar-refractivity contribution in [2.75, 3.05) is 0 Å². The van der Waals surface area contributed by atoms with Crippen LogP contribution in [0.4, 0.5) is 0 Å². The predicted octanol–water partition coefficient (Wildman–Crippen LogP) is 2.77. The number of amides is 1. The zero-order chi connectivity index (χ0) is 19.0. The third-order valence-electron chi connectivity index (χ3n) is 4.36. The quantitative estimate of drug-likeness (QED) is 0.573. The number of carbonyl (C=O) groups excluding carboxylic acids is 1. The first-order valence-electron chi connectivity index (χ1n) is 8.56. The number of nitrogens with one attached hydrogen (secondary N) is 1.